The van der Waals surface area contributed by atoms with Crippen LogP contribution in [-0.4, -0.2) is 10.2 Å². The van der Waals surface area contributed by atoms with E-state index in [1.807, 2.05) is 0 Å². The Balaban J connectivity index is 2.29. The van der Waals surface area contributed by atoms with Crippen molar-refractivity contribution < 1.29 is 4.74 Å². The summed E-state index contributed by atoms with van der Waals surface area (Å²) in [7, 11) is 0. The van der Waals surface area contributed by atoms with Crippen molar-refractivity contribution in [3.05, 3.63) is 56.5 Å². The van der Waals surface area contributed by atoms with Gasteiger partial charge in [-0.15, -0.1) is 5.10 Å². The number of hydrogen-bond donors (Lipinski definition) is 2. The molecule has 1 aromatic heterocycles. The van der Waals surface area contributed by atoms with Crippen molar-refractivity contribution in [1.82, 2.24) is 10.2 Å². The van der Waals surface area contributed by atoms with Crippen LogP contribution in [0.25, 0.3) is 0 Å². The van der Waals surface area contributed by atoms with E-state index in [0.717, 1.165) is 24.1 Å². The first-order valence-corrected chi connectivity index (χ1v) is 7.92. The van der Waals surface area contributed by atoms with Crippen molar-refractivity contribution in [3.8, 4) is 11.9 Å². The van der Waals surface area contributed by atoms with Gasteiger partial charge in [-0.2, -0.15) is 5.26 Å². The lowest BCUT2D eigenvalue weighted by molar-refractivity contribution is 0.378. The van der Waals surface area contributed by atoms with Crippen LogP contribution in [0.3, 0.4) is 0 Å². The molecule has 3 N–H and O–H groups in total. The molecule has 118 valence electrons. The molecule has 1 aliphatic rings. The Kier molecular flexibility index (Phi) is 4.20. The maximum absolute atomic E-state index is 9.57. The summed E-state index contributed by atoms with van der Waals surface area (Å²) in [6.45, 7) is 2.06. The van der Waals surface area contributed by atoms with Crippen LogP contribution < -0.4 is 10.5 Å². The van der Waals surface area contributed by atoms with Gasteiger partial charge in [0, 0.05) is 21.3 Å². The average molecular weight is 349 g/mol. The number of nitrogens with two attached hydrogens (primary N) is 1. The zero-order valence-corrected chi connectivity index (χ0v) is 13.9. The minimum atomic E-state index is -0.495. The standard InChI is InChI=1S/C16H14Cl2N4O/c1-2-4-11-14-12(13-9(17)5-3-6-10(13)18)8(7-19)15(20)23-16(14)22-21-11/h3,5-6,12H,2,4,20H2,1H3,(H,21,22). The SMILES string of the molecule is CCCc1[nH]nc2c1C(c1c(Cl)cccc1Cl)C(C#N)=C(N)O2. The maximum Gasteiger partial charge on any atom is 0.244 e. The van der Waals surface area contributed by atoms with Crippen LogP contribution in [0.15, 0.2) is 29.7 Å². The number of aromatic nitrogens is 2. The summed E-state index contributed by atoms with van der Waals surface area (Å²) in [5.41, 5.74) is 8.49. The predicted octanol–water partition coefficient (Wildman–Crippen LogP) is 3.89. The number of allylic oxidation sites excluding steroid dienone is 1. The maximum atomic E-state index is 9.57. The average Bonchev–Trinajstić information content (AvgIpc) is 2.90. The highest BCUT2D eigenvalue weighted by molar-refractivity contribution is 6.36. The summed E-state index contributed by atoms with van der Waals surface area (Å²) >= 11 is 12.7. The van der Waals surface area contributed by atoms with E-state index in [2.05, 4.69) is 23.2 Å². The van der Waals surface area contributed by atoms with Gasteiger partial charge in [0.25, 0.3) is 0 Å². The molecular formula is C16H14Cl2N4O. The number of H-pyrrole nitrogens is 1. The number of aryl methyl sites for hydroxylation is 1. The number of aromatic amines is 1. The quantitative estimate of drug-likeness (QED) is 0.880. The molecule has 0 fully saturated rings. The molecule has 3 rings (SSSR count). The number of ether oxygens (including phenoxy) is 1. The van der Waals surface area contributed by atoms with Gasteiger partial charge in [-0.25, -0.2) is 0 Å². The van der Waals surface area contributed by atoms with Gasteiger partial charge < -0.3 is 10.5 Å². The minimum absolute atomic E-state index is 0.0236. The fourth-order valence-electron chi connectivity index (χ4n) is 2.82. The Morgan fingerprint density at radius 2 is 2.04 bits per heavy atom. The Morgan fingerprint density at radius 3 is 2.65 bits per heavy atom. The zero-order valence-electron chi connectivity index (χ0n) is 12.4. The molecule has 0 saturated heterocycles. The number of nitrogens with one attached hydrogen (secondary N) is 1. The molecule has 7 heteroatoms. The molecule has 1 aromatic carbocycles. The van der Waals surface area contributed by atoms with Gasteiger partial charge in [0.1, 0.15) is 11.6 Å². The molecule has 0 saturated carbocycles. The predicted molar refractivity (Wildman–Crippen MR) is 88.3 cm³/mol. The highest BCUT2D eigenvalue weighted by atomic mass is 35.5. The van der Waals surface area contributed by atoms with Crippen molar-refractivity contribution >= 4 is 23.2 Å². The third-order valence-electron chi connectivity index (χ3n) is 3.81. The summed E-state index contributed by atoms with van der Waals surface area (Å²) in [5.74, 6) is -0.105. The van der Waals surface area contributed by atoms with Gasteiger partial charge in [0.2, 0.25) is 11.8 Å². The van der Waals surface area contributed by atoms with Crippen molar-refractivity contribution in [2.75, 3.05) is 0 Å². The first-order chi connectivity index (χ1) is 11.1. The molecule has 23 heavy (non-hydrogen) atoms. The summed E-state index contributed by atoms with van der Waals surface area (Å²) in [6, 6.07) is 7.36. The van der Waals surface area contributed by atoms with Gasteiger partial charge >= 0.3 is 0 Å². The number of hydrogen-bond acceptors (Lipinski definition) is 4. The van der Waals surface area contributed by atoms with Crippen LogP contribution in [0, 0.1) is 11.3 Å². The summed E-state index contributed by atoms with van der Waals surface area (Å²) < 4.78 is 5.50. The molecule has 0 spiro atoms. The number of nitriles is 1. The highest BCUT2D eigenvalue weighted by Gasteiger charge is 2.37. The van der Waals surface area contributed by atoms with Crippen LogP contribution in [0.5, 0.6) is 5.88 Å². The monoisotopic (exact) mass is 348 g/mol. The van der Waals surface area contributed by atoms with Crippen molar-refractivity contribution in [2.45, 2.75) is 25.7 Å². The van der Waals surface area contributed by atoms with Crippen molar-refractivity contribution in [2.24, 2.45) is 5.73 Å². The zero-order chi connectivity index (χ0) is 16.6. The first kappa shape index (κ1) is 15.7. The van der Waals surface area contributed by atoms with E-state index in [1.54, 1.807) is 18.2 Å². The van der Waals surface area contributed by atoms with Gasteiger partial charge in [-0.05, 0) is 18.6 Å². The molecule has 5 nitrogen and oxygen atoms in total. The Hall–Kier alpha value is -2.16. The van der Waals surface area contributed by atoms with Crippen LogP contribution in [0.4, 0.5) is 0 Å². The molecule has 1 unspecified atom stereocenters. The molecule has 2 aromatic rings. The lowest BCUT2D eigenvalue weighted by Crippen LogP contribution is -2.21. The molecular weight excluding hydrogens is 335 g/mol. The molecule has 1 atom stereocenters. The fourth-order valence-corrected chi connectivity index (χ4v) is 3.44. The topological polar surface area (TPSA) is 87.7 Å². The van der Waals surface area contributed by atoms with Crippen molar-refractivity contribution in [3.63, 3.8) is 0 Å². The molecule has 0 aliphatic carbocycles. The summed E-state index contributed by atoms with van der Waals surface area (Å²) in [4.78, 5) is 0. The number of nitrogens with zero attached hydrogens (tertiary/aromatic N) is 2. The Morgan fingerprint density at radius 1 is 1.35 bits per heavy atom. The van der Waals surface area contributed by atoms with E-state index in [1.165, 1.54) is 0 Å². The van der Waals surface area contributed by atoms with E-state index < -0.39 is 5.92 Å². The van der Waals surface area contributed by atoms with Gasteiger partial charge in [0.15, 0.2) is 0 Å². The lowest BCUT2D eigenvalue weighted by Gasteiger charge is -2.25. The summed E-state index contributed by atoms with van der Waals surface area (Å²) in [5, 5.41) is 17.7. The second-order valence-corrected chi connectivity index (χ2v) is 6.05. The van der Waals surface area contributed by atoms with Gasteiger partial charge in [0.05, 0.1) is 11.5 Å². The number of fused-ring (bicyclic) bond motifs is 1. The third kappa shape index (κ3) is 2.54. The number of benzene rings is 1. The molecule has 0 bridgehead atoms. The van der Waals surface area contributed by atoms with Crippen LogP contribution >= 0.6 is 23.2 Å². The van der Waals surface area contributed by atoms with Crippen LogP contribution in [0.2, 0.25) is 10.0 Å². The minimum Gasteiger partial charge on any atom is -0.420 e. The second-order valence-electron chi connectivity index (χ2n) is 5.23. The van der Waals surface area contributed by atoms with Crippen LogP contribution in [0.1, 0.15) is 36.1 Å². The third-order valence-corrected chi connectivity index (χ3v) is 4.47. The normalized spacial score (nSPS) is 16.7. The van der Waals surface area contributed by atoms with E-state index in [0.29, 0.717) is 21.5 Å². The highest BCUT2D eigenvalue weighted by Crippen LogP contribution is 2.47. The van der Waals surface area contributed by atoms with E-state index >= 15 is 0 Å². The fraction of sp³-hybridized carbons (Fsp3) is 0.250. The molecule has 2 heterocycles. The largest absolute Gasteiger partial charge is 0.420 e. The van der Waals surface area contributed by atoms with Gasteiger partial charge in [-0.1, -0.05) is 42.6 Å². The molecule has 1 aliphatic heterocycles. The summed E-state index contributed by atoms with van der Waals surface area (Å²) in [6.07, 6.45) is 1.68. The van der Waals surface area contributed by atoms with Crippen LogP contribution in [-0.2, 0) is 6.42 Å². The Bertz CT molecular complexity index is 815. The Labute approximate surface area is 143 Å². The smallest absolute Gasteiger partial charge is 0.244 e. The van der Waals surface area contributed by atoms with E-state index in [9.17, 15) is 5.26 Å². The second kappa shape index (κ2) is 6.15. The van der Waals surface area contributed by atoms with E-state index in [-0.39, 0.29) is 11.5 Å². The number of rotatable bonds is 3. The first-order valence-electron chi connectivity index (χ1n) is 7.17. The van der Waals surface area contributed by atoms with Gasteiger partial charge in [-0.3, -0.25) is 5.10 Å². The lowest BCUT2D eigenvalue weighted by atomic mass is 9.83. The van der Waals surface area contributed by atoms with E-state index in [4.69, 9.17) is 33.7 Å². The number of halogens is 2. The molecule has 0 radical (unpaired) electrons. The van der Waals surface area contributed by atoms with Crippen molar-refractivity contribution in [1.29, 1.82) is 5.26 Å². The molecule has 0 amide bonds.